The van der Waals surface area contributed by atoms with E-state index < -0.39 is 5.97 Å². The van der Waals surface area contributed by atoms with Gasteiger partial charge in [0.1, 0.15) is 0 Å². The molecule has 1 aromatic carbocycles. The molecule has 0 fully saturated rings. The summed E-state index contributed by atoms with van der Waals surface area (Å²) in [7, 11) is 0. The lowest BCUT2D eigenvalue weighted by Gasteiger charge is -2.11. The first-order valence-corrected chi connectivity index (χ1v) is 5.27. The van der Waals surface area contributed by atoms with Gasteiger partial charge in [-0.15, -0.1) is 0 Å². The first-order chi connectivity index (χ1) is 7.49. The summed E-state index contributed by atoms with van der Waals surface area (Å²) >= 11 is 0. The van der Waals surface area contributed by atoms with Crippen molar-refractivity contribution in [2.45, 2.75) is 26.8 Å². The van der Waals surface area contributed by atoms with E-state index in [1.165, 1.54) is 0 Å². The molecule has 1 aromatic rings. The fourth-order valence-electron chi connectivity index (χ4n) is 1.45. The molecule has 0 aromatic heterocycles. The number of carboxylic acid groups (broad SMARTS) is 1. The summed E-state index contributed by atoms with van der Waals surface area (Å²) in [5.74, 6) is -0.927. The Morgan fingerprint density at radius 1 is 1.44 bits per heavy atom. The number of hydrogen-bond acceptors (Lipinski definition) is 2. The fraction of sp³-hybridized carbons (Fsp3) is 0.308. The standard InChI is InChI=1S/C13H17NO2/c1-9(2)14-12-6-4-11(10(3)8-12)5-7-13(15)16/h4-9,14H,1-3H3,(H,15,16)/b7-5+. The predicted octanol–water partition coefficient (Wildman–Crippen LogP) is 2.91. The second-order valence-corrected chi connectivity index (χ2v) is 4.04. The molecule has 3 heteroatoms. The van der Waals surface area contributed by atoms with Crippen LogP contribution in [-0.4, -0.2) is 17.1 Å². The van der Waals surface area contributed by atoms with E-state index in [0.29, 0.717) is 6.04 Å². The summed E-state index contributed by atoms with van der Waals surface area (Å²) in [5.41, 5.74) is 3.04. The minimum absolute atomic E-state index is 0.389. The van der Waals surface area contributed by atoms with Gasteiger partial charge in [-0.2, -0.15) is 0 Å². The van der Waals surface area contributed by atoms with Crippen LogP contribution in [-0.2, 0) is 4.79 Å². The number of carboxylic acids is 1. The van der Waals surface area contributed by atoms with E-state index in [2.05, 4.69) is 19.2 Å². The lowest BCUT2D eigenvalue weighted by molar-refractivity contribution is -0.131. The van der Waals surface area contributed by atoms with Gasteiger partial charge in [0.2, 0.25) is 0 Å². The van der Waals surface area contributed by atoms with Crippen molar-refractivity contribution in [3.63, 3.8) is 0 Å². The predicted molar refractivity (Wildman–Crippen MR) is 66.6 cm³/mol. The fourth-order valence-corrected chi connectivity index (χ4v) is 1.45. The molecule has 0 atom stereocenters. The third-order valence-electron chi connectivity index (χ3n) is 2.13. The van der Waals surface area contributed by atoms with Gasteiger partial charge in [-0.05, 0) is 50.1 Å². The highest BCUT2D eigenvalue weighted by Gasteiger charge is 1.99. The summed E-state index contributed by atoms with van der Waals surface area (Å²) in [6.07, 6.45) is 2.76. The number of anilines is 1. The quantitative estimate of drug-likeness (QED) is 0.765. The SMILES string of the molecule is Cc1cc(NC(C)C)ccc1/C=C/C(=O)O. The normalized spacial score (nSPS) is 11.0. The van der Waals surface area contributed by atoms with Gasteiger partial charge in [-0.3, -0.25) is 0 Å². The van der Waals surface area contributed by atoms with Crippen molar-refractivity contribution in [2.24, 2.45) is 0 Å². The topological polar surface area (TPSA) is 49.3 Å². The Balaban J connectivity index is 2.87. The Morgan fingerprint density at radius 3 is 2.62 bits per heavy atom. The van der Waals surface area contributed by atoms with Gasteiger partial charge in [-0.1, -0.05) is 6.07 Å². The maximum Gasteiger partial charge on any atom is 0.328 e. The van der Waals surface area contributed by atoms with Crippen LogP contribution >= 0.6 is 0 Å². The number of nitrogens with one attached hydrogen (secondary N) is 1. The summed E-state index contributed by atoms with van der Waals surface area (Å²) < 4.78 is 0. The molecule has 1 rings (SSSR count). The van der Waals surface area contributed by atoms with Crippen LogP contribution in [0.15, 0.2) is 24.3 Å². The molecule has 0 bridgehead atoms. The van der Waals surface area contributed by atoms with Gasteiger partial charge < -0.3 is 10.4 Å². The average Bonchev–Trinajstić information content (AvgIpc) is 2.15. The van der Waals surface area contributed by atoms with Crippen LogP contribution in [0.1, 0.15) is 25.0 Å². The molecule has 0 saturated carbocycles. The molecule has 0 radical (unpaired) electrons. The monoisotopic (exact) mass is 219 g/mol. The molecule has 0 heterocycles. The van der Waals surface area contributed by atoms with E-state index in [1.807, 2.05) is 25.1 Å². The Morgan fingerprint density at radius 2 is 2.12 bits per heavy atom. The van der Waals surface area contributed by atoms with Crippen LogP contribution in [0.25, 0.3) is 6.08 Å². The molecule has 86 valence electrons. The van der Waals surface area contributed by atoms with Crippen molar-refractivity contribution in [3.8, 4) is 0 Å². The molecule has 0 spiro atoms. The Hall–Kier alpha value is -1.77. The number of carbonyl (C=O) groups is 1. The molecule has 0 aliphatic rings. The highest BCUT2D eigenvalue weighted by molar-refractivity contribution is 5.85. The highest BCUT2D eigenvalue weighted by Crippen LogP contribution is 2.17. The molecular formula is C13H17NO2. The summed E-state index contributed by atoms with van der Waals surface area (Å²) in [6.45, 7) is 6.12. The zero-order valence-electron chi connectivity index (χ0n) is 9.82. The Labute approximate surface area is 95.8 Å². The van der Waals surface area contributed by atoms with Crippen LogP contribution in [0, 0.1) is 6.92 Å². The summed E-state index contributed by atoms with van der Waals surface area (Å²) in [5, 5.41) is 11.8. The summed E-state index contributed by atoms with van der Waals surface area (Å²) in [4.78, 5) is 10.4. The van der Waals surface area contributed by atoms with E-state index in [4.69, 9.17) is 5.11 Å². The maximum absolute atomic E-state index is 10.4. The number of aryl methyl sites for hydroxylation is 1. The van der Waals surface area contributed by atoms with Gasteiger partial charge in [0.15, 0.2) is 0 Å². The van der Waals surface area contributed by atoms with E-state index >= 15 is 0 Å². The second-order valence-electron chi connectivity index (χ2n) is 4.04. The molecule has 16 heavy (non-hydrogen) atoms. The van der Waals surface area contributed by atoms with Crippen LogP contribution < -0.4 is 5.32 Å². The van der Waals surface area contributed by atoms with Crippen molar-refractivity contribution < 1.29 is 9.90 Å². The van der Waals surface area contributed by atoms with E-state index in [9.17, 15) is 4.79 Å². The lowest BCUT2D eigenvalue weighted by Crippen LogP contribution is -2.09. The second kappa shape index (κ2) is 5.35. The third kappa shape index (κ3) is 3.77. The third-order valence-corrected chi connectivity index (χ3v) is 2.13. The lowest BCUT2D eigenvalue weighted by atomic mass is 10.1. The average molecular weight is 219 g/mol. The van der Waals surface area contributed by atoms with Crippen molar-refractivity contribution in [2.75, 3.05) is 5.32 Å². The first-order valence-electron chi connectivity index (χ1n) is 5.27. The molecule has 2 N–H and O–H groups in total. The summed E-state index contributed by atoms with van der Waals surface area (Å²) in [6, 6.07) is 6.27. The van der Waals surface area contributed by atoms with Gasteiger partial charge in [0, 0.05) is 17.8 Å². The first kappa shape index (κ1) is 12.3. The van der Waals surface area contributed by atoms with Gasteiger partial charge in [0.05, 0.1) is 0 Å². The number of hydrogen-bond donors (Lipinski definition) is 2. The molecule has 0 unspecified atom stereocenters. The molecule has 0 saturated heterocycles. The van der Waals surface area contributed by atoms with Gasteiger partial charge in [-0.25, -0.2) is 4.79 Å². The smallest absolute Gasteiger partial charge is 0.328 e. The van der Waals surface area contributed by atoms with Gasteiger partial charge in [0.25, 0.3) is 0 Å². The molecule has 0 aliphatic heterocycles. The molecule has 0 aliphatic carbocycles. The van der Waals surface area contributed by atoms with Crippen LogP contribution in [0.4, 0.5) is 5.69 Å². The number of aliphatic carboxylic acids is 1. The highest BCUT2D eigenvalue weighted by atomic mass is 16.4. The minimum Gasteiger partial charge on any atom is -0.478 e. The zero-order chi connectivity index (χ0) is 12.1. The van der Waals surface area contributed by atoms with E-state index in [1.54, 1.807) is 6.08 Å². The van der Waals surface area contributed by atoms with E-state index in [-0.39, 0.29) is 0 Å². The zero-order valence-corrected chi connectivity index (χ0v) is 9.82. The van der Waals surface area contributed by atoms with E-state index in [0.717, 1.165) is 22.9 Å². The molecular weight excluding hydrogens is 202 g/mol. The van der Waals surface area contributed by atoms with Crippen molar-refractivity contribution >= 4 is 17.7 Å². The van der Waals surface area contributed by atoms with Crippen LogP contribution in [0.2, 0.25) is 0 Å². The Kier molecular flexibility index (Phi) is 4.11. The molecule has 3 nitrogen and oxygen atoms in total. The van der Waals surface area contributed by atoms with Crippen molar-refractivity contribution in [3.05, 3.63) is 35.4 Å². The van der Waals surface area contributed by atoms with Crippen molar-refractivity contribution in [1.29, 1.82) is 0 Å². The number of benzene rings is 1. The number of rotatable bonds is 4. The van der Waals surface area contributed by atoms with Crippen LogP contribution in [0.3, 0.4) is 0 Å². The van der Waals surface area contributed by atoms with Crippen molar-refractivity contribution in [1.82, 2.24) is 0 Å². The molecule has 0 amide bonds. The minimum atomic E-state index is -0.927. The largest absolute Gasteiger partial charge is 0.478 e. The maximum atomic E-state index is 10.4. The van der Waals surface area contributed by atoms with Crippen LogP contribution in [0.5, 0.6) is 0 Å². The van der Waals surface area contributed by atoms with Gasteiger partial charge >= 0.3 is 5.97 Å². The Bertz CT molecular complexity index is 408.